The zero-order valence-corrected chi connectivity index (χ0v) is 12.3. The van der Waals surface area contributed by atoms with Crippen molar-refractivity contribution in [2.75, 3.05) is 7.05 Å². The van der Waals surface area contributed by atoms with Crippen LogP contribution in [0.3, 0.4) is 0 Å². The minimum Gasteiger partial charge on any atom is -0.309 e. The molecule has 102 valence electrons. The molecule has 1 heterocycles. The summed E-state index contributed by atoms with van der Waals surface area (Å²) >= 11 is 0. The maximum absolute atomic E-state index is 4.43. The second-order valence-electron chi connectivity index (χ2n) is 5.05. The van der Waals surface area contributed by atoms with Crippen molar-refractivity contribution in [3.8, 4) is 0 Å². The molecule has 0 radical (unpaired) electrons. The van der Waals surface area contributed by atoms with E-state index in [1.54, 1.807) is 0 Å². The van der Waals surface area contributed by atoms with E-state index >= 15 is 0 Å². The summed E-state index contributed by atoms with van der Waals surface area (Å²) in [5.41, 5.74) is 5.24. The molecule has 1 N–H and O–H groups in total. The Morgan fingerprint density at radius 1 is 1.32 bits per heavy atom. The molecule has 0 saturated carbocycles. The summed E-state index contributed by atoms with van der Waals surface area (Å²) in [5, 5.41) is 7.83. The molecule has 1 aromatic carbocycles. The van der Waals surface area contributed by atoms with Crippen molar-refractivity contribution >= 4 is 0 Å². The summed E-state index contributed by atoms with van der Waals surface area (Å²) in [6.45, 7) is 7.49. The second-order valence-corrected chi connectivity index (χ2v) is 5.05. The molecule has 0 saturated heterocycles. The van der Waals surface area contributed by atoms with Gasteiger partial charge in [-0.1, -0.05) is 25.1 Å². The second kappa shape index (κ2) is 6.02. The molecule has 1 unspecified atom stereocenters. The van der Waals surface area contributed by atoms with E-state index < -0.39 is 0 Å². The molecule has 1 atom stereocenters. The van der Waals surface area contributed by atoms with Crippen molar-refractivity contribution in [3.63, 3.8) is 0 Å². The molecule has 0 bridgehead atoms. The highest BCUT2D eigenvalue weighted by atomic mass is 15.3. The summed E-state index contributed by atoms with van der Waals surface area (Å²) in [7, 11) is 2.00. The van der Waals surface area contributed by atoms with Gasteiger partial charge in [-0.15, -0.1) is 0 Å². The molecular weight excluding hydrogens is 234 g/mol. The fraction of sp³-hybridized carbons (Fsp3) is 0.438. The van der Waals surface area contributed by atoms with Crippen molar-refractivity contribution < 1.29 is 0 Å². The van der Waals surface area contributed by atoms with Gasteiger partial charge in [-0.05, 0) is 44.0 Å². The highest BCUT2D eigenvalue weighted by molar-refractivity contribution is 5.39. The first kappa shape index (κ1) is 13.8. The van der Waals surface area contributed by atoms with Gasteiger partial charge in [-0.2, -0.15) is 5.10 Å². The first-order valence-corrected chi connectivity index (χ1v) is 6.93. The van der Waals surface area contributed by atoms with Crippen molar-refractivity contribution in [1.82, 2.24) is 15.1 Å². The monoisotopic (exact) mass is 257 g/mol. The van der Waals surface area contributed by atoms with Crippen LogP contribution in [0.1, 0.15) is 41.6 Å². The Bertz CT molecular complexity index is 543. The topological polar surface area (TPSA) is 29.9 Å². The Balaban J connectivity index is 2.35. The minimum atomic E-state index is 0.213. The Labute approximate surface area is 115 Å². The van der Waals surface area contributed by atoms with Crippen LogP contribution >= 0.6 is 0 Å². The predicted molar refractivity (Wildman–Crippen MR) is 79.3 cm³/mol. The Kier molecular flexibility index (Phi) is 4.38. The largest absolute Gasteiger partial charge is 0.309 e. The van der Waals surface area contributed by atoms with Crippen molar-refractivity contribution in [2.45, 2.75) is 39.8 Å². The summed E-state index contributed by atoms with van der Waals surface area (Å²) in [5.74, 6) is 0. The molecule has 0 aliphatic carbocycles. The molecule has 1 aromatic heterocycles. The number of hydrogen-bond acceptors (Lipinski definition) is 2. The number of nitrogens with zero attached hydrogens (tertiary/aromatic N) is 2. The van der Waals surface area contributed by atoms with Gasteiger partial charge in [0.1, 0.15) is 0 Å². The third kappa shape index (κ3) is 2.87. The number of aryl methyl sites for hydroxylation is 2. The summed E-state index contributed by atoms with van der Waals surface area (Å²) in [4.78, 5) is 0. The van der Waals surface area contributed by atoms with Crippen LogP contribution in [0.5, 0.6) is 0 Å². The molecule has 19 heavy (non-hydrogen) atoms. The molecule has 3 heteroatoms. The average Bonchev–Trinajstić information content (AvgIpc) is 2.84. The van der Waals surface area contributed by atoms with Gasteiger partial charge in [0.25, 0.3) is 0 Å². The zero-order valence-electron chi connectivity index (χ0n) is 12.3. The van der Waals surface area contributed by atoms with Gasteiger partial charge in [0.05, 0.1) is 12.2 Å². The van der Waals surface area contributed by atoms with E-state index in [-0.39, 0.29) is 6.04 Å². The van der Waals surface area contributed by atoms with Gasteiger partial charge in [-0.25, -0.2) is 0 Å². The van der Waals surface area contributed by atoms with Gasteiger partial charge in [0, 0.05) is 18.3 Å². The molecule has 3 nitrogen and oxygen atoms in total. The van der Waals surface area contributed by atoms with Crippen molar-refractivity contribution in [1.29, 1.82) is 0 Å². The fourth-order valence-electron chi connectivity index (χ4n) is 2.47. The molecule has 0 spiro atoms. The van der Waals surface area contributed by atoms with Gasteiger partial charge in [-0.3, -0.25) is 4.68 Å². The lowest BCUT2D eigenvalue weighted by molar-refractivity contribution is 0.600. The fourth-order valence-corrected chi connectivity index (χ4v) is 2.47. The van der Waals surface area contributed by atoms with E-state index in [0.717, 1.165) is 13.0 Å². The van der Waals surface area contributed by atoms with Crippen molar-refractivity contribution in [3.05, 3.63) is 52.8 Å². The van der Waals surface area contributed by atoms with Crippen LogP contribution in [0.4, 0.5) is 0 Å². The average molecular weight is 257 g/mol. The van der Waals surface area contributed by atoms with Gasteiger partial charge < -0.3 is 5.32 Å². The number of nitrogens with one attached hydrogen (secondary N) is 1. The van der Waals surface area contributed by atoms with Gasteiger partial charge >= 0.3 is 0 Å². The van der Waals surface area contributed by atoms with Crippen LogP contribution in [0, 0.1) is 13.8 Å². The molecule has 0 amide bonds. The highest BCUT2D eigenvalue weighted by Crippen LogP contribution is 2.25. The van der Waals surface area contributed by atoms with E-state index in [2.05, 4.69) is 55.6 Å². The molecule has 2 rings (SSSR count). The maximum atomic E-state index is 4.43. The number of aromatic nitrogens is 2. The van der Waals surface area contributed by atoms with Crippen LogP contribution in [0.25, 0.3) is 0 Å². The van der Waals surface area contributed by atoms with E-state index in [9.17, 15) is 0 Å². The first-order chi connectivity index (χ1) is 9.17. The smallest absolute Gasteiger partial charge is 0.0608 e. The van der Waals surface area contributed by atoms with Gasteiger partial charge in [0.2, 0.25) is 0 Å². The van der Waals surface area contributed by atoms with Crippen LogP contribution in [-0.2, 0) is 6.54 Å². The minimum absolute atomic E-state index is 0.213. The summed E-state index contributed by atoms with van der Waals surface area (Å²) in [6, 6.07) is 6.69. The predicted octanol–water partition coefficient (Wildman–Crippen LogP) is 3.22. The van der Waals surface area contributed by atoms with E-state index in [1.807, 2.05) is 17.9 Å². The van der Waals surface area contributed by atoms with Crippen molar-refractivity contribution in [2.24, 2.45) is 0 Å². The lowest BCUT2D eigenvalue weighted by atomic mass is 9.94. The van der Waals surface area contributed by atoms with Crippen LogP contribution in [-0.4, -0.2) is 16.8 Å². The SMILES string of the molecule is CCCn1cc(C(NC)c2cccc(C)c2C)cn1. The number of benzene rings is 1. The first-order valence-electron chi connectivity index (χ1n) is 6.93. The van der Waals surface area contributed by atoms with Crippen LogP contribution in [0.15, 0.2) is 30.6 Å². The van der Waals surface area contributed by atoms with E-state index in [0.29, 0.717) is 0 Å². The Morgan fingerprint density at radius 2 is 2.11 bits per heavy atom. The lowest BCUT2D eigenvalue weighted by Crippen LogP contribution is -2.18. The molecular formula is C16H23N3. The third-order valence-corrected chi connectivity index (χ3v) is 3.69. The van der Waals surface area contributed by atoms with Crippen LogP contribution < -0.4 is 5.32 Å². The summed E-state index contributed by atoms with van der Waals surface area (Å²) < 4.78 is 2.02. The van der Waals surface area contributed by atoms with Gasteiger partial charge in [0.15, 0.2) is 0 Å². The highest BCUT2D eigenvalue weighted by Gasteiger charge is 2.16. The number of hydrogen-bond donors (Lipinski definition) is 1. The van der Waals surface area contributed by atoms with Crippen LogP contribution in [0.2, 0.25) is 0 Å². The lowest BCUT2D eigenvalue weighted by Gasteiger charge is -2.18. The Morgan fingerprint density at radius 3 is 2.79 bits per heavy atom. The van der Waals surface area contributed by atoms with E-state index in [4.69, 9.17) is 0 Å². The standard InChI is InChI=1S/C16H23N3/c1-5-9-19-11-14(10-18-19)16(17-4)15-8-6-7-12(2)13(15)3/h6-8,10-11,16-17H,5,9H2,1-4H3. The zero-order chi connectivity index (χ0) is 13.8. The molecule has 0 aliphatic rings. The Hall–Kier alpha value is -1.61. The summed E-state index contributed by atoms with van der Waals surface area (Å²) in [6.07, 6.45) is 5.22. The maximum Gasteiger partial charge on any atom is 0.0608 e. The molecule has 2 aromatic rings. The normalized spacial score (nSPS) is 12.6. The van der Waals surface area contributed by atoms with E-state index in [1.165, 1.54) is 22.3 Å². The molecule has 0 fully saturated rings. The quantitative estimate of drug-likeness (QED) is 0.891. The number of rotatable bonds is 5. The molecule has 0 aliphatic heterocycles. The third-order valence-electron chi connectivity index (χ3n) is 3.69.